The van der Waals surface area contributed by atoms with Crippen LogP contribution in [-0.2, 0) is 10.9 Å². The van der Waals surface area contributed by atoms with Gasteiger partial charge in [-0.25, -0.2) is 0 Å². The van der Waals surface area contributed by atoms with Gasteiger partial charge in [0, 0.05) is 10.0 Å². The third kappa shape index (κ3) is 8.46. The van der Waals surface area contributed by atoms with E-state index in [0.29, 0.717) is 10.0 Å². The van der Waals surface area contributed by atoms with Gasteiger partial charge in [-0.3, -0.25) is 9.98 Å². The minimum atomic E-state index is 0.702. The average molecular weight is 524 g/mol. The van der Waals surface area contributed by atoms with Crippen LogP contribution in [0.2, 0.25) is 10.0 Å². The summed E-state index contributed by atoms with van der Waals surface area (Å²) in [5, 5.41) is 1.40. The molecule has 0 fully saturated rings. The van der Waals surface area contributed by atoms with E-state index in [9.17, 15) is 0 Å². The number of hydrogen-bond acceptors (Lipinski definition) is 2. The maximum absolute atomic E-state index is 5.85. The average Bonchev–Trinajstić information content (AvgIpc) is 2.52. The van der Waals surface area contributed by atoms with E-state index in [2.05, 4.69) is 38.4 Å². The molecule has 0 aromatic heterocycles. The first kappa shape index (κ1) is 20.9. The molecule has 7 heteroatoms. The Bertz CT molecular complexity index is 612. The summed E-state index contributed by atoms with van der Waals surface area (Å²) < 4.78 is 0. The van der Waals surface area contributed by atoms with Gasteiger partial charge in [0.1, 0.15) is 0 Å². The number of halogens is 4. The van der Waals surface area contributed by atoms with Crippen LogP contribution in [0.1, 0.15) is 13.8 Å². The molecule has 2 aromatic carbocycles. The van der Waals surface area contributed by atoms with Crippen LogP contribution in [-0.4, -0.2) is 11.4 Å². The van der Waals surface area contributed by atoms with Gasteiger partial charge in [-0.15, -0.1) is 0 Å². The van der Waals surface area contributed by atoms with E-state index >= 15 is 0 Å². The number of rotatable bonds is 3. The molecule has 126 valence electrons. The summed E-state index contributed by atoms with van der Waals surface area (Å²) in [6.45, 7) is 3.87. The molecule has 0 aliphatic heterocycles. The maximum atomic E-state index is 5.85. The second-order valence-corrected chi connectivity index (χ2v) is 10.2. The molecule has 0 aliphatic rings. The second kappa shape index (κ2) is 11.4. The van der Waals surface area contributed by atoms with Gasteiger partial charge < -0.3 is 0 Å². The van der Waals surface area contributed by atoms with Crippen molar-refractivity contribution >= 4 is 74.5 Å². The van der Waals surface area contributed by atoms with Gasteiger partial charge in [-0.2, -0.15) is 0 Å². The van der Waals surface area contributed by atoms with Gasteiger partial charge in [0.05, 0.1) is 22.8 Å². The van der Waals surface area contributed by atoms with Crippen molar-refractivity contribution in [2.45, 2.75) is 13.8 Å². The SMILES string of the molecule is CC(=Nc1ccc(Cl)cc1)C(C)=Nc1ccc(Cl)cc1.[Br][Ni][Br]. The molecular formula is C16H14Br2Cl2N2Ni. The Morgan fingerprint density at radius 2 is 1.00 bits per heavy atom. The van der Waals surface area contributed by atoms with Gasteiger partial charge in [-0.05, 0) is 62.4 Å². The second-order valence-electron chi connectivity index (χ2n) is 4.39. The van der Waals surface area contributed by atoms with Crippen LogP contribution in [0.3, 0.4) is 0 Å². The summed E-state index contributed by atoms with van der Waals surface area (Å²) in [5.41, 5.74) is 3.44. The van der Waals surface area contributed by atoms with Gasteiger partial charge in [0.15, 0.2) is 0 Å². The van der Waals surface area contributed by atoms with E-state index in [-0.39, 0.29) is 0 Å². The summed E-state index contributed by atoms with van der Waals surface area (Å²) >= 11 is 17.7. The summed E-state index contributed by atoms with van der Waals surface area (Å²) in [4.78, 5) is 9.03. The fourth-order valence-corrected chi connectivity index (χ4v) is 1.83. The van der Waals surface area contributed by atoms with E-state index in [4.69, 9.17) is 23.2 Å². The predicted octanol–water partition coefficient (Wildman–Crippen LogP) is 7.57. The van der Waals surface area contributed by atoms with Gasteiger partial charge >= 0.3 is 39.3 Å². The van der Waals surface area contributed by atoms with Crippen molar-refractivity contribution in [3.05, 3.63) is 58.6 Å². The molecule has 0 saturated carbocycles. The zero-order valence-corrected chi connectivity index (χ0v) is 18.0. The van der Waals surface area contributed by atoms with E-state index in [1.165, 1.54) is 10.9 Å². The van der Waals surface area contributed by atoms with E-state index < -0.39 is 0 Å². The monoisotopic (exact) mass is 520 g/mol. The number of nitrogens with zero attached hydrogens (tertiary/aromatic N) is 2. The van der Waals surface area contributed by atoms with Crippen molar-refractivity contribution in [1.29, 1.82) is 0 Å². The molecule has 0 N–H and O–H groups in total. The zero-order chi connectivity index (χ0) is 17.2. The van der Waals surface area contributed by atoms with Crippen molar-refractivity contribution in [2.24, 2.45) is 9.98 Å². The van der Waals surface area contributed by atoms with Crippen LogP contribution in [0.5, 0.6) is 0 Å². The molecule has 2 nitrogen and oxygen atoms in total. The molecule has 2 rings (SSSR count). The zero-order valence-electron chi connectivity index (χ0n) is 12.3. The first-order valence-corrected chi connectivity index (χ1v) is 12.0. The minimum absolute atomic E-state index is 0.702. The van der Waals surface area contributed by atoms with Crippen LogP contribution >= 0.6 is 51.7 Å². The van der Waals surface area contributed by atoms with Crippen molar-refractivity contribution < 1.29 is 10.9 Å². The Morgan fingerprint density at radius 3 is 1.26 bits per heavy atom. The first-order chi connectivity index (χ1) is 11.0. The standard InChI is InChI=1S/C16H14Cl2N2.2BrH.Ni/c1-11(19-15-7-3-13(17)4-8-15)12(2)20-16-9-5-14(18)6-10-16;;;/h3-10H,1-2H3;2*1H;/q;;;+2/p-2. The van der Waals surface area contributed by atoms with Crippen molar-refractivity contribution in [2.75, 3.05) is 0 Å². The first-order valence-electron chi connectivity index (χ1n) is 6.40. The molecular weight excluding hydrogens is 510 g/mol. The molecule has 0 atom stereocenters. The number of benzene rings is 2. The summed E-state index contributed by atoms with van der Waals surface area (Å²) in [5.74, 6) is 0. The molecule has 0 heterocycles. The molecule has 0 saturated heterocycles. The van der Waals surface area contributed by atoms with Crippen LogP contribution in [0.4, 0.5) is 11.4 Å². The Balaban J connectivity index is 0.000000816. The van der Waals surface area contributed by atoms with Crippen molar-refractivity contribution in [1.82, 2.24) is 0 Å². The van der Waals surface area contributed by atoms with Crippen LogP contribution in [0.15, 0.2) is 58.5 Å². The van der Waals surface area contributed by atoms with Crippen molar-refractivity contribution in [3.8, 4) is 0 Å². The molecule has 0 unspecified atom stereocenters. The summed E-state index contributed by atoms with van der Waals surface area (Å²) in [6, 6.07) is 14.8. The van der Waals surface area contributed by atoms with Gasteiger partial charge in [0.2, 0.25) is 0 Å². The van der Waals surface area contributed by atoms with Gasteiger partial charge in [-0.1, -0.05) is 23.2 Å². The Kier molecular flexibility index (Phi) is 10.3. The van der Waals surface area contributed by atoms with E-state index in [1.54, 1.807) is 0 Å². The topological polar surface area (TPSA) is 24.7 Å². The fourth-order valence-electron chi connectivity index (χ4n) is 1.58. The summed E-state index contributed by atoms with van der Waals surface area (Å²) in [6.07, 6.45) is 0. The predicted molar refractivity (Wildman–Crippen MR) is 106 cm³/mol. The quantitative estimate of drug-likeness (QED) is 0.293. The van der Waals surface area contributed by atoms with E-state index in [0.717, 1.165) is 22.8 Å². The molecule has 0 spiro atoms. The van der Waals surface area contributed by atoms with Gasteiger partial charge in [0.25, 0.3) is 0 Å². The fraction of sp³-hybridized carbons (Fsp3) is 0.125. The van der Waals surface area contributed by atoms with Crippen LogP contribution in [0.25, 0.3) is 0 Å². The third-order valence-corrected chi connectivity index (χ3v) is 3.27. The normalized spacial score (nSPS) is 11.9. The van der Waals surface area contributed by atoms with Crippen LogP contribution < -0.4 is 0 Å². The molecule has 0 aliphatic carbocycles. The summed E-state index contributed by atoms with van der Waals surface area (Å²) in [7, 11) is 1.25. The number of aliphatic imine (C=N–C) groups is 2. The molecule has 0 radical (unpaired) electrons. The van der Waals surface area contributed by atoms with E-state index in [1.807, 2.05) is 62.4 Å². The van der Waals surface area contributed by atoms with Crippen LogP contribution in [0, 0.1) is 0 Å². The molecule has 23 heavy (non-hydrogen) atoms. The molecule has 0 amide bonds. The Morgan fingerprint density at radius 1 is 0.739 bits per heavy atom. The molecule has 0 bridgehead atoms. The van der Waals surface area contributed by atoms with Crippen molar-refractivity contribution in [3.63, 3.8) is 0 Å². The number of hydrogen-bond donors (Lipinski definition) is 0. The Labute approximate surface area is 166 Å². The third-order valence-electron chi connectivity index (χ3n) is 2.77. The molecule has 2 aromatic rings. The Hall–Kier alpha value is -0.186.